The third kappa shape index (κ3) is 5.31. The van der Waals surface area contributed by atoms with Crippen LogP contribution in [-0.2, 0) is 4.79 Å². The van der Waals surface area contributed by atoms with E-state index in [0.717, 1.165) is 6.54 Å². The number of para-hydroxylation sites is 2. The molecular formula is C14H16F2N4O2S2. The van der Waals surface area contributed by atoms with Gasteiger partial charge in [-0.2, -0.15) is 8.78 Å². The van der Waals surface area contributed by atoms with Gasteiger partial charge in [0.15, 0.2) is 4.34 Å². The first-order valence-corrected chi connectivity index (χ1v) is 8.78. The molecule has 0 aliphatic heterocycles. The molecular weight excluding hydrogens is 358 g/mol. The lowest BCUT2D eigenvalue weighted by molar-refractivity contribution is -0.115. The van der Waals surface area contributed by atoms with Gasteiger partial charge in [0.05, 0.1) is 10.9 Å². The number of ether oxygens (including phenoxy) is 1. The van der Waals surface area contributed by atoms with Gasteiger partial charge in [-0.05, 0) is 26.0 Å². The average Bonchev–Trinajstić information content (AvgIpc) is 2.96. The third-order valence-electron chi connectivity index (χ3n) is 2.74. The van der Waals surface area contributed by atoms with Gasteiger partial charge < -0.3 is 15.4 Å². The van der Waals surface area contributed by atoms with E-state index < -0.39 is 11.9 Å². The fourth-order valence-corrected chi connectivity index (χ4v) is 3.65. The number of carbonyl (C=O) groups excluding carboxylic acids is 1. The van der Waals surface area contributed by atoms with Crippen LogP contribution in [0.1, 0.15) is 13.8 Å². The molecule has 1 aromatic carbocycles. The largest absolute Gasteiger partial charge is 0.433 e. The van der Waals surface area contributed by atoms with E-state index in [0.29, 0.717) is 9.47 Å². The zero-order valence-electron chi connectivity index (χ0n) is 13.0. The number of nitrogens with zero attached hydrogens (tertiary/aromatic N) is 2. The maximum absolute atomic E-state index is 12.4. The molecule has 130 valence electrons. The van der Waals surface area contributed by atoms with Crippen molar-refractivity contribution in [2.24, 2.45) is 0 Å². The van der Waals surface area contributed by atoms with E-state index in [-0.39, 0.29) is 17.3 Å². The first-order chi connectivity index (χ1) is 11.5. The van der Waals surface area contributed by atoms with E-state index in [1.165, 1.54) is 35.2 Å². The highest BCUT2D eigenvalue weighted by Gasteiger charge is 2.19. The molecule has 1 amide bonds. The van der Waals surface area contributed by atoms with Crippen molar-refractivity contribution in [3.8, 4) is 5.75 Å². The van der Waals surface area contributed by atoms with Crippen molar-refractivity contribution in [2.75, 3.05) is 17.2 Å². The van der Waals surface area contributed by atoms with Crippen molar-refractivity contribution in [1.82, 2.24) is 10.2 Å². The molecule has 0 fully saturated rings. The summed E-state index contributed by atoms with van der Waals surface area (Å²) in [4.78, 5) is 12.3. The molecule has 24 heavy (non-hydrogen) atoms. The van der Waals surface area contributed by atoms with Gasteiger partial charge in [-0.1, -0.05) is 35.2 Å². The van der Waals surface area contributed by atoms with Crippen molar-refractivity contribution in [3.63, 3.8) is 0 Å². The van der Waals surface area contributed by atoms with Crippen LogP contribution in [0.2, 0.25) is 0 Å². The van der Waals surface area contributed by atoms with Crippen LogP contribution in [0.5, 0.6) is 5.75 Å². The first kappa shape index (κ1) is 18.4. The van der Waals surface area contributed by atoms with Crippen LogP contribution in [0.3, 0.4) is 0 Å². The minimum absolute atomic E-state index is 0.0802. The average molecular weight is 374 g/mol. The Hall–Kier alpha value is -1.94. The molecule has 0 spiro atoms. The van der Waals surface area contributed by atoms with Crippen molar-refractivity contribution < 1.29 is 18.3 Å². The van der Waals surface area contributed by atoms with Crippen LogP contribution in [0, 0.1) is 0 Å². The summed E-state index contributed by atoms with van der Waals surface area (Å²) in [7, 11) is 0. The number of alkyl halides is 2. The van der Waals surface area contributed by atoms with Gasteiger partial charge in [0.2, 0.25) is 11.0 Å². The van der Waals surface area contributed by atoms with Gasteiger partial charge in [-0.15, -0.1) is 10.2 Å². The number of halogens is 2. The molecule has 1 heterocycles. The minimum Gasteiger partial charge on any atom is -0.433 e. The Morgan fingerprint density at radius 1 is 1.38 bits per heavy atom. The summed E-state index contributed by atoms with van der Waals surface area (Å²) >= 11 is 2.59. The molecule has 0 saturated carbocycles. The van der Waals surface area contributed by atoms with Gasteiger partial charge >= 0.3 is 6.61 Å². The highest BCUT2D eigenvalue weighted by atomic mass is 32.2. The van der Waals surface area contributed by atoms with Crippen LogP contribution >= 0.6 is 23.1 Å². The molecule has 2 aromatic rings. The molecule has 6 nitrogen and oxygen atoms in total. The highest BCUT2D eigenvalue weighted by Crippen LogP contribution is 2.31. The van der Waals surface area contributed by atoms with Gasteiger partial charge in [0.1, 0.15) is 5.75 Å². The quantitative estimate of drug-likeness (QED) is 0.687. The third-order valence-corrected chi connectivity index (χ3v) is 4.81. The van der Waals surface area contributed by atoms with Crippen LogP contribution in [-0.4, -0.2) is 34.5 Å². The fraction of sp³-hybridized carbons (Fsp3) is 0.357. The zero-order chi connectivity index (χ0) is 17.5. The van der Waals surface area contributed by atoms with Gasteiger partial charge in [-0.25, -0.2) is 0 Å². The number of benzene rings is 1. The lowest BCUT2D eigenvalue weighted by Gasteiger charge is -2.14. The molecule has 0 bridgehead atoms. The number of hydrogen-bond donors (Lipinski definition) is 2. The summed E-state index contributed by atoms with van der Waals surface area (Å²) in [6, 6.07) is 6.04. The SMILES string of the molecule is CCNc1nnc(S[C@@H](C)C(=O)Nc2ccccc2OC(F)F)s1. The predicted octanol–water partition coefficient (Wildman–Crippen LogP) is 3.69. The number of nitrogens with one attached hydrogen (secondary N) is 2. The van der Waals surface area contributed by atoms with E-state index in [1.54, 1.807) is 19.1 Å². The smallest absolute Gasteiger partial charge is 0.387 e. The topological polar surface area (TPSA) is 76.1 Å². The van der Waals surface area contributed by atoms with Crippen molar-refractivity contribution >= 4 is 39.8 Å². The van der Waals surface area contributed by atoms with Crippen molar-refractivity contribution in [1.29, 1.82) is 0 Å². The van der Waals surface area contributed by atoms with E-state index in [9.17, 15) is 13.6 Å². The number of rotatable bonds is 8. The van der Waals surface area contributed by atoms with Crippen LogP contribution in [0.25, 0.3) is 0 Å². The molecule has 1 atom stereocenters. The van der Waals surface area contributed by atoms with Crippen LogP contribution < -0.4 is 15.4 Å². The number of hydrogen-bond acceptors (Lipinski definition) is 7. The summed E-state index contributed by atoms with van der Waals surface area (Å²) in [6.07, 6.45) is 0. The molecule has 0 aliphatic carbocycles. The minimum atomic E-state index is -2.96. The maximum Gasteiger partial charge on any atom is 0.387 e. The Morgan fingerprint density at radius 3 is 2.83 bits per heavy atom. The molecule has 0 saturated heterocycles. The van der Waals surface area contributed by atoms with E-state index in [2.05, 4.69) is 25.6 Å². The molecule has 0 unspecified atom stereocenters. The predicted molar refractivity (Wildman–Crippen MR) is 91.1 cm³/mol. The number of anilines is 2. The Bertz CT molecular complexity index is 684. The lowest BCUT2D eigenvalue weighted by atomic mass is 10.3. The van der Waals surface area contributed by atoms with Crippen LogP contribution in [0.15, 0.2) is 28.6 Å². The number of aromatic nitrogens is 2. The van der Waals surface area contributed by atoms with Gasteiger partial charge in [-0.3, -0.25) is 4.79 Å². The Balaban J connectivity index is 1.98. The van der Waals surface area contributed by atoms with E-state index >= 15 is 0 Å². The second kappa shape index (κ2) is 8.78. The number of amides is 1. The summed E-state index contributed by atoms with van der Waals surface area (Å²) in [5, 5.41) is 13.8. The Labute approximate surface area is 146 Å². The summed E-state index contributed by atoms with van der Waals surface area (Å²) < 4.78 is 29.8. The van der Waals surface area contributed by atoms with E-state index in [4.69, 9.17) is 0 Å². The molecule has 2 N–H and O–H groups in total. The Kier molecular flexibility index (Phi) is 6.73. The highest BCUT2D eigenvalue weighted by molar-refractivity contribution is 8.02. The maximum atomic E-state index is 12.4. The van der Waals surface area contributed by atoms with Crippen molar-refractivity contribution in [2.45, 2.75) is 30.0 Å². The van der Waals surface area contributed by atoms with Gasteiger partial charge in [0, 0.05) is 6.54 Å². The van der Waals surface area contributed by atoms with Gasteiger partial charge in [0.25, 0.3) is 0 Å². The summed E-state index contributed by atoms with van der Waals surface area (Å²) in [5.41, 5.74) is 0.195. The molecule has 1 aromatic heterocycles. The summed E-state index contributed by atoms with van der Waals surface area (Å²) in [5.74, 6) is -0.422. The first-order valence-electron chi connectivity index (χ1n) is 7.08. The fourth-order valence-electron chi connectivity index (χ4n) is 1.69. The Morgan fingerprint density at radius 2 is 2.12 bits per heavy atom. The number of carbonyl (C=O) groups is 1. The normalized spacial score (nSPS) is 12.0. The monoisotopic (exact) mass is 374 g/mol. The van der Waals surface area contributed by atoms with E-state index in [1.807, 2.05) is 6.92 Å². The lowest BCUT2D eigenvalue weighted by Crippen LogP contribution is -2.23. The van der Waals surface area contributed by atoms with Crippen LogP contribution in [0.4, 0.5) is 19.6 Å². The molecule has 2 rings (SSSR count). The molecule has 0 radical (unpaired) electrons. The van der Waals surface area contributed by atoms with Crippen molar-refractivity contribution in [3.05, 3.63) is 24.3 Å². The standard InChI is InChI=1S/C14H16F2N4O2S2/c1-3-17-13-19-20-14(24-13)23-8(2)11(21)18-9-6-4-5-7-10(9)22-12(15)16/h4-8,12H,3H2,1-2H3,(H,17,19)(H,18,21)/t8-/m0/s1. The second-order valence-electron chi connectivity index (χ2n) is 4.53. The summed E-state index contributed by atoms with van der Waals surface area (Å²) in [6.45, 7) is 1.42. The molecule has 10 heteroatoms. The zero-order valence-corrected chi connectivity index (χ0v) is 14.6. The second-order valence-corrected chi connectivity index (χ2v) is 7.09. The molecule has 0 aliphatic rings. The number of thioether (sulfide) groups is 1.